The summed E-state index contributed by atoms with van der Waals surface area (Å²) in [5, 5.41) is 26.6. The number of hydrogen-bond donors (Lipinski definition) is 3. The number of anilines is 1. The van der Waals surface area contributed by atoms with Gasteiger partial charge in [-0.25, -0.2) is 13.6 Å². The van der Waals surface area contributed by atoms with Gasteiger partial charge in [-0.2, -0.15) is 5.26 Å². The summed E-state index contributed by atoms with van der Waals surface area (Å²) in [5.74, 6) is -5.13. The number of ether oxygens (including phenoxy) is 1. The normalized spacial score (nSPS) is 23.4. The first-order valence-electron chi connectivity index (χ1n) is 15.0. The van der Waals surface area contributed by atoms with Gasteiger partial charge in [0.1, 0.15) is 17.4 Å². The SMILES string of the molecule is COc1cc(C(=O)O)ccc1NC(=O)[C@@H]1N[C@@H](CC(C)(C)C)[C@@](c2ccc(Cl)cc2F)(C(C#N)C2CC2)[C@H]1c1cccc(Cl)c1F. The Balaban J connectivity index is 1.79. The number of nitrogens with one attached hydrogen (secondary N) is 2. The van der Waals surface area contributed by atoms with E-state index in [-0.39, 0.29) is 49.5 Å². The van der Waals surface area contributed by atoms with E-state index in [2.05, 4.69) is 16.7 Å². The van der Waals surface area contributed by atoms with Gasteiger partial charge in [-0.05, 0) is 78.1 Å². The molecule has 11 heteroatoms. The van der Waals surface area contributed by atoms with Crippen LogP contribution in [0.5, 0.6) is 5.75 Å². The number of halogens is 4. The smallest absolute Gasteiger partial charge is 0.335 e. The summed E-state index contributed by atoms with van der Waals surface area (Å²) in [7, 11) is 1.34. The largest absolute Gasteiger partial charge is 0.495 e. The molecule has 3 aromatic carbocycles. The number of nitrogens with zero attached hydrogens (tertiary/aromatic N) is 1. The summed E-state index contributed by atoms with van der Waals surface area (Å²) >= 11 is 12.6. The predicted octanol–water partition coefficient (Wildman–Crippen LogP) is 7.97. The molecule has 242 valence electrons. The van der Waals surface area contributed by atoms with E-state index in [1.165, 1.54) is 43.5 Å². The lowest BCUT2D eigenvalue weighted by Gasteiger charge is -2.46. The average molecular weight is 671 g/mol. The van der Waals surface area contributed by atoms with Crippen LogP contribution in [0.3, 0.4) is 0 Å². The van der Waals surface area contributed by atoms with Gasteiger partial charge in [0, 0.05) is 22.4 Å². The van der Waals surface area contributed by atoms with E-state index in [9.17, 15) is 20.0 Å². The van der Waals surface area contributed by atoms with Crippen LogP contribution in [0.2, 0.25) is 10.0 Å². The first-order valence-corrected chi connectivity index (χ1v) is 15.8. The minimum Gasteiger partial charge on any atom is -0.495 e. The molecule has 1 heterocycles. The minimum absolute atomic E-state index is 0.0449. The zero-order chi connectivity index (χ0) is 33.6. The van der Waals surface area contributed by atoms with Gasteiger partial charge >= 0.3 is 5.97 Å². The number of benzene rings is 3. The Kier molecular flexibility index (Phi) is 9.38. The highest BCUT2D eigenvalue weighted by Gasteiger charge is 2.65. The summed E-state index contributed by atoms with van der Waals surface area (Å²) in [6.07, 6.45) is 1.86. The summed E-state index contributed by atoms with van der Waals surface area (Å²) in [6, 6.07) is 13.4. The molecule has 5 rings (SSSR count). The van der Waals surface area contributed by atoms with Crippen LogP contribution in [0, 0.1) is 40.2 Å². The fourth-order valence-electron chi connectivity index (χ4n) is 7.15. The maximum atomic E-state index is 16.4. The van der Waals surface area contributed by atoms with E-state index in [0.29, 0.717) is 6.42 Å². The van der Waals surface area contributed by atoms with Crippen molar-refractivity contribution in [1.29, 1.82) is 5.26 Å². The molecular formula is C35H35Cl2F2N3O4. The molecule has 5 atom stereocenters. The molecule has 0 spiro atoms. The zero-order valence-corrected chi connectivity index (χ0v) is 27.3. The van der Waals surface area contributed by atoms with E-state index < -0.39 is 52.8 Å². The van der Waals surface area contributed by atoms with Crippen LogP contribution in [-0.2, 0) is 10.2 Å². The molecule has 0 bridgehead atoms. The Morgan fingerprint density at radius 1 is 1.15 bits per heavy atom. The first kappa shape index (κ1) is 33.6. The van der Waals surface area contributed by atoms with Crippen LogP contribution >= 0.6 is 23.2 Å². The lowest BCUT2D eigenvalue weighted by Crippen LogP contribution is -2.51. The van der Waals surface area contributed by atoms with Crippen LogP contribution in [0.25, 0.3) is 0 Å². The summed E-state index contributed by atoms with van der Waals surface area (Å²) in [4.78, 5) is 26.0. The molecule has 2 fully saturated rings. The van der Waals surface area contributed by atoms with Gasteiger partial charge in [0.05, 0.1) is 41.4 Å². The quantitative estimate of drug-likeness (QED) is 0.213. The van der Waals surface area contributed by atoms with E-state index in [1.54, 1.807) is 18.2 Å². The van der Waals surface area contributed by atoms with Crippen LogP contribution < -0.4 is 15.4 Å². The Hall–Kier alpha value is -3.71. The Labute approximate surface area is 276 Å². The molecule has 3 N–H and O–H groups in total. The van der Waals surface area contributed by atoms with Crippen molar-refractivity contribution in [3.63, 3.8) is 0 Å². The fourth-order valence-corrected chi connectivity index (χ4v) is 7.49. The molecule has 1 aliphatic carbocycles. The lowest BCUT2D eigenvalue weighted by molar-refractivity contribution is -0.118. The number of aromatic carboxylic acids is 1. The molecule has 3 aromatic rings. The second-order valence-corrected chi connectivity index (χ2v) is 14.1. The molecule has 7 nitrogen and oxygen atoms in total. The van der Waals surface area contributed by atoms with Gasteiger partial charge in [-0.3, -0.25) is 4.79 Å². The van der Waals surface area contributed by atoms with Crippen molar-refractivity contribution in [1.82, 2.24) is 5.32 Å². The maximum absolute atomic E-state index is 16.4. The Morgan fingerprint density at radius 3 is 2.46 bits per heavy atom. The van der Waals surface area contributed by atoms with Crippen LogP contribution in [0.1, 0.15) is 67.4 Å². The number of hydrogen-bond acceptors (Lipinski definition) is 5. The minimum atomic E-state index is -1.44. The van der Waals surface area contributed by atoms with Crippen LogP contribution in [0.15, 0.2) is 54.6 Å². The monoisotopic (exact) mass is 669 g/mol. The van der Waals surface area contributed by atoms with Crippen LogP contribution in [-0.4, -0.2) is 36.2 Å². The number of methoxy groups -OCH3 is 1. The van der Waals surface area contributed by atoms with Crippen molar-refractivity contribution >= 4 is 40.8 Å². The third kappa shape index (κ3) is 6.18. The van der Waals surface area contributed by atoms with Crippen molar-refractivity contribution in [2.75, 3.05) is 12.4 Å². The summed E-state index contributed by atoms with van der Waals surface area (Å²) in [6.45, 7) is 6.02. The molecule has 1 saturated heterocycles. The molecule has 2 aliphatic rings. The number of carbonyl (C=O) groups is 2. The number of carbonyl (C=O) groups excluding carboxylic acids is 1. The molecule has 46 heavy (non-hydrogen) atoms. The van der Waals surface area contributed by atoms with Crippen molar-refractivity contribution in [2.45, 2.75) is 63.5 Å². The number of rotatable bonds is 9. The molecule has 0 aromatic heterocycles. The highest BCUT2D eigenvalue weighted by molar-refractivity contribution is 6.31. The molecule has 1 saturated carbocycles. The zero-order valence-electron chi connectivity index (χ0n) is 25.8. The third-order valence-electron chi connectivity index (χ3n) is 9.07. The molecule has 1 unspecified atom stereocenters. The van der Waals surface area contributed by atoms with Crippen molar-refractivity contribution in [2.24, 2.45) is 17.3 Å². The van der Waals surface area contributed by atoms with Crippen LogP contribution in [0.4, 0.5) is 14.5 Å². The van der Waals surface area contributed by atoms with E-state index in [0.717, 1.165) is 12.8 Å². The molecular weight excluding hydrogens is 635 g/mol. The summed E-state index contributed by atoms with van der Waals surface area (Å²) in [5.41, 5.74) is -1.43. The number of nitriles is 1. The number of amides is 1. The maximum Gasteiger partial charge on any atom is 0.335 e. The van der Waals surface area contributed by atoms with Gasteiger partial charge in [-0.1, -0.05) is 62.2 Å². The second-order valence-electron chi connectivity index (χ2n) is 13.3. The third-order valence-corrected chi connectivity index (χ3v) is 9.60. The molecule has 1 amide bonds. The molecule has 1 aliphatic heterocycles. The number of carboxylic acids is 1. The fraction of sp³-hybridized carbons (Fsp3) is 0.400. The molecule has 0 radical (unpaired) electrons. The topological polar surface area (TPSA) is 111 Å². The van der Waals surface area contributed by atoms with Gasteiger partial charge in [0.25, 0.3) is 0 Å². The van der Waals surface area contributed by atoms with E-state index in [1.807, 2.05) is 20.8 Å². The Morgan fingerprint density at radius 2 is 1.87 bits per heavy atom. The Bertz CT molecular complexity index is 1720. The van der Waals surface area contributed by atoms with Gasteiger partial charge in [0.15, 0.2) is 0 Å². The lowest BCUT2D eigenvalue weighted by atomic mass is 9.55. The van der Waals surface area contributed by atoms with Gasteiger partial charge in [0.2, 0.25) is 5.91 Å². The van der Waals surface area contributed by atoms with Gasteiger partial charge in [-0.15, -0.1) is 0 Å². The number of carboxylic acid groups (broad SMARTS) is 1. The van der Waals surface area contributed by atoms with Gasteiger partial charge < -0.3 is 20.5 Å². The average Bonchev–Trinajstić information content (AvgIpc) is 3.77. The first-order chi connectivity index (χ1) is 21.7. The highest BCUT2D eigenvalue weighted by Crippen LogP contribution is 2.61. The van der Waals surface area contributed by atoms with Crippen molar-refractivity contribution in [3.05, 3.63) is 93.0 Å². The van der Waals surface area contributed by atoms with Crippen molar-refractivity contribution in [3.8, 4) is 11.8 Å². The predicted molar refractivity (Wildman–Crippen MR) is 172 cm³/mol. The summed E-state index contributed by atoms with van der Waals surface area (Å²) < 4.78 is 38.0. The second kappa shape index (κ2) is 12.8. The van der Waals surface area contributed by atoms with E-state index >= 15 is 8.78 Å². The van der Waals surface area contributed by atoms with E-state index in [4.69, 9.17) is 27.9 Å². The highest BCUT2D eigenvalue weighted by atomic mass is 35.5. The van der Waals surface area contributed by atoms with Crippen molar-refractivity contribution < 1.29 is 28.2 Å². The standard InChI is InChI=1S/C35H35Cl2F2N3O4/c1-34(2,3)16-28-35(23(17-40)18-8-9-18,22-12-11-20(36)15-25(22)38)29(21-6-5-7-24(37)30(21)39)31(42-28)32(43)41-26-13-10-19(33(44)45)14-27(26)46-4/h5-7,10-15,18,23,28-29,31,42H,8-9,16H2,1-4H3,(H,41,43)(H,44,45)/t23?,28-,29-,31+,35+/m0/s1.